The lowest BCUT2D eigenvalue weighted by Crippen LogP contribution is -2.47. The minimum Gasteiger partial charge on any atom is -0.507 e. The van der Waals surface area contributed by atoms with Crippen molar-refractivity contribution in [2.24, 2.45) is 28.3 Å². The predicted molar refractivity (Wildman–Crippen MR) is 96.8 cm³/mol. The number of benzene rings is 1. The molecule has 2 atom stereocenters. The quantitative estimate of drug-likeness (QED) is 0.599. The van der Waals surface area contributed by atoms with Crippen molar-refractivity contribution in [3.05, 3.63) is 28.2 Å². The zero-order chi connectivity index (χ0) is 16.7. The summed E-state index contributed by atoms with van der Waals surface area (Å²) in [4.78, 5) is 12.9. The van der Waals surface area contributed by atoms with Crippen LogP contribution in [0.4, 0.5) is 0 Å². The van der Waals surface area contributed by atoms with Gasteiger partial charge in [0.25, 0.3) is 0 Å². The number of amides is 1. The highest BCUT2D eigenvalue weighted by Gasteiger charge is 2.52. The number of nitrogens with zero attached hydrogens (tertiary/aromatic N) is 1. The van der Waals surface area contributed by atoms with Crippen LogP contribution in [0.25, 0.3) is 0 Å². The molecule has 1 aromatic carbocycles. The van der Waals surface area contributed by atoms with E-state index in [1.807, 2.05) is 0 Å². The fraction of sp³-hybridized carbons (Fsp3) is 0.579. The minimum atomic E-state index is -0.205. The van der Waals surface area contributed by atoms with Crippen molar-refractivity contribution in [1.82, 2.24) is 5.43 Å². The molecule has 5 heteroatoms. The first-order chi connectivity index (χ1) is 11.5. The number of halogens is 1. The van der Waals surface area contributed by atoms with Gasteiger partial charge < -0.3 is 5.11 Å². The molecule has 4 bridgehead atoms. The maximum Gasteiger partial charge on any atom is 0.246 e. The number of fused-ring (bicyclic) bond motifs is 1. The number of aromatic hydroxyl groups is 1. The molecule has 0 aliphatic heterocycles. The molecular formula is C19H23BrN2O2. The highest BCUT2D eigenvalue weighted by Crippen LogP contribution is 2.57. The number of hydrogen-bond acceptors (Lipinski definition) is 3. The number of hydrazone groups is 1. The zero-order valence-electron chi connectivity index (χ0n) is 13.7. The molecule has 1 aromatic rings. The van der Waals surface area contributed by atoms with Crippen LogP contribution in [0.5, 0.6) is 5.75 Å². The third-order valence-electron chi connectivity index (χ3n) is 6.20. The molecule has 4 nitrogen and oxygen atoms in total. The predicted octanol–water partition coefficient (Wildman–Crippen LogP) is 4.21. The van der Waals surface area contributed by atoms with E-state index in [-0.39, 0.29) is 17.1 Å². The number of phenols is 1. The van der Waals surface area contributed by atoms with Gasteiger partial charge in [0.05, 0.1) is 11.6 Å². The minimum absolute atomic E-state index is 0.0783. The van der Waals surface area contributed by atoms with Crippen LogP contribution in [-0.4, -0.2) is 17.2 Å². The van der Waals surface area contributed by atoms with E-state index in [0.717, 1.165) is 41.5 Å². The van der Waals surface area contributed by atoms with Crippen molar-refractivity contribution in [2.75, 3.05) is 0 Å². The Bertz CT molecular complexity index is 672. The Morgan fingerprint density at radius 3 is 2.58 bits per heavy atom. The van der Waals surface area contributed by atoms with Gasteiger partial charge in [-0.25, -0.2) is 5.43 Å². The molecule has 2 N–H and O–H groups in total. The Balaban J connectivity index is 1.48. The molecule has 4 fully saturated rings. The monoisotopic (exact) mass is 390 g/mol. The van der Waals surface area contributed by atoms with Gasteiger partial charge >= 0.3 is 0 Å². The van der Waals surface area contributed by atoms with Crippen LogP contribution in [0.2, 0.25) is 0 Å². The van der Waals surface area contributed by atoms with Gasteiger partial charge in [-0.15, -0.1) is 0 Å². The molecule has 5 rings (SSSR count). The normalized spacial score (nSPS) is 34.5. The van der Waals surface area contributed by atoms with Crippen molar-refractivity contribution < 1.29 is 9.90 Å². The smallest absolute Gasteiger partial charge is 0.246 e. The highest BCUT2D eigenvalue weighted by molar-refractivity contribution is 9.10. The number of hydrogen-bond donors (Lipinski definition) is 2. The van der Waals surface area contributed by atoms with E-state index in [2.05, 4.69) is 26.5 Å². The van der Waals surface area contributed by atoms with Crippen LogP contribution in [0.3, 0.4) is 0 Å². The van der Waals surface area contributed by atoms with E-state index in [1.165, 1.54) is 31.9 Å². The first-order valence-corrected chi connectivity index (χ1v) is 9.65. The van der Waals surface area contributed by atoms with Gasteiger partial charge in [-0.2, -0.15) is 5.10 Å². The van der Waals surface area contributed by atoms with Gasteiger partial charge in [0.2, 0.25) is 5.91 Å². The van der Waals surface area contributed by atoms with Gasteiger partial charge in [0.1, 0.15) is 5.75 Å². The lowest BCUT2D eigenvalue weighted by atomic mass is 9.58. The lowest BCUT2D eigenvalue weighted by Gasteiger charge is -2.46. The number of phenolic OH excluding ortho intramolecular Hbond substituents is 1. The van der Waals surface area contributed by atoms with Crippen molar-refractivity contribution in [2.45, 2.75) is 44.9 Å². The summed E-state index contributed by atoms with van der Waals surface area (Å²) in [6, 6.07) is 5.15. The van der Waals surface area contributed by atoms with Crippen LogP contribution in [0.15, 0.2) is 27.8 Å². The first kappa shape index (κ1) is 16.1. The van der Waals surface area contributed by atoms with Crippen molar-refractivity contribution in [1.29, 1.82) is 0 Å². The molecule has 0 heterocycles. The van der Waals surface area contributed by atoms with Crippen LogP contribution >= 0.6 is 15.9 Å². The Hall–Kier alpha value is -1.36. The lowest BCUT2D eigenvalue weighted by molar-refractivity contribution is -0.138. The number of carbonyl (C=O) groups is 1. The van der Waals surface area contributed by atoms with Gasteiger partial charge in [-0.3, -0.25) is 4.79 Å². The van der Waals surface area contributed by atoms with Crippen LogP contribution in [-0.2, 0) is 4.79 Å². The van der Waals surface area contributed by atoms with Gasteiger partial charge in [0.15, 0.2) is 0 Å². The topological polar surface area (TPSA) is 61.7 Å². The van der Waals surface area contributed by atoms with Crippen LogP contribution < -0.4 is 5.43 Å². The Morgan fingerprint density at radius 2 is 1.88 bits per heavy atom. The molecule has 24 heavy (non-hydrogen) atoms. The third-order valence-corrected chi connectivity index (χ3v) is 6.69. The summed E-state index contributed by atoms with van der Waals surface area (Å²) in [5.41, 5.74) is 3.15. The van der Waals surface area contributed by atoms with Gasteiger partial charge in [-0.05, 0) is 68.1 Å². The number of carbonyl (C=O) groups excluding carboxylic acids is 1. The summed E-state index contributed by atoms with van der Waals surface area (Å²) >= 11 is 3.37. The van der Waals surface area contributed by atoms with E-state index in [4.69, 9.17) is 0 Å². The SMILES string of the molecule is O=C(N/N=C\c1cc(Br)ccc1O)C12CC3CCC(CC(C3)C1)C2. The first-order valence-electron chi connectivity index (χ1n) is 8.86. The summed E-state index contributed by atoms with van der Waals surface area (Å²) in [6.07, 6.45) is 9.85. The van der Waals surface area contributed by atoms with E-state index in [0.29, 0.717) is 5.56 Å². The molecule has 2 unspecified atom stereocenters. The summed E-state index contributed by atoms with van der Waals surface area (Å²) in [7, 11) is 0. The molecule has 4 aliphatic carbocycles. The summed E-state index contributed by atoms with van der Waals surface area (Å²) in [5.74, 6) is 2.41. The summed E-state index contributed by atoms with van der Waals surface area (Å²) in [5, 5.41) is 14.0. The second-order valence-corrected chi connectivity index (χ2v) is 8.86. The largest absolute Gasteiger partial charge is 0.507 e. The molecule has 4 saturated carbocycles. The van der Waals surface area contributed by atoms with E-state index < -0.39 is 0 Å². The van der Waals surface area contributed by atoms with E-state index >= 15 is 0 Å². The van der Waals surface area contributed by atoms with E-state index in [1.54, 1.807) is 18.2 Å². The van der Waals surface area contributed by atoms with Crippen LogP contribution in [0, 0.1) is 23.2 Å². The number of rotatable bonds is 3. The second kappa shape index (κ2) is 6.17. The molecule has 4 aliphatic rings. The zero-order valence-corrected chi connectivity index (χ0v) is 15.3. The third kappa shape index (κ3) is 2.99. The molecule has 0 radical (unpaired) electrons. The number of nitrogens with one attached hydrogen (secondary N) is 1. The van der Waals surface area contributed by atoms with E-state index in [9.17, 15) is 9.90 Å². The molecule has 128 valence electrons. The Labute approximate surface area is 150 Å². The summed E-state index contributed by atoms with van der Waals surface area (Å²) < 4.78 is 0.866. The highest BCUT2D eigenvalue weighted by atomic mass is 79.9. The molecule has 0 spiro atoms. The fourth-order valence-corrected chi connectivity index (χ4v) is 5.76. The second-order valence-electron chi connectivity index (χ2n) is 7.94. The average Bonchev–Trinajstić information content (AvgIpc) is 2.76. The molecule has 0 saturated heterocycles. The van der Waals surface area contributed by atoms with Crippen LogP contribution in [0.1, 0.15) is 50.5 Å². The van der Waals surface area contributed by atoms with Gasteiger partial charge in [0, 0.05) is 10.0 Å². The molecule has 1 amide bonds. The maximum absolute atomic E-state index is 12.9. The van der Waals surface area contributed by atoms with Crippen molar-refractivity contribution in [3.8, 4) is 5.75 Å². The summed E-state index contributed by atoms with van der Waals surface area (Å²) in [6.45, 7) is 0. The Kier molecular flexibility index (Phi) is 4.15. The van der Waals surface area contributed by atoms with Crippen molar-refractivity contribution in [3.63, 3.8) is 0 Å². The maximum atomic E-state index is 12.9. The van der Waals surface area contributed by atoms with Gasteiger partial charge in [-0.1, -0.05) is 28.8 Å². The molecular weight excluding hydrogens is 368 g/mol. The van der Waals surface area contributed by atoms with Crippen molar-refractivity contribution >= 4 is 28.1 Å². The standard InChI is InChI=1S/C19H23BrN2O2/c20-16-3-4-17(23)15(7-16)11-21-22-18(24)19-8-12-1-2-13(9-19)6-14(5-12)10-19/h3-4,7,11-14,23H,1-2,5-6,8-10H2,(H,22,24)/b21-11-. The Morgan fingerprint density at radius 1 is 1.21 bits per heavy atom. The molecule has 0 aromatic heterocycles. The average molecular weight is 391 g/mol. The fourth-order valence-electron chi connectivity index (χ4n) is 5.38.